The lowest BCUT2D eigenvalue weighted by Gasteiger charge is -2.17. The molecule has 5 aromatic rings. The Kier molecular flexibility index (Phi) is 6.91. The lowest BCUT2D eigenvalue weighted by molar-refractivity contribution is -0.117. The van der Waals surface area contributed by atoms with Gasteiger partial charge in [0.1, 0.15) is 11.2 Å². The SMILES string of the molecule is C/N=C(/c1nc2c(-c3ccsc3)cncc2[nH]1)c1cc(-c2cncc(NC(=O)CC(C)(C)C)c2)ccc1C. The minimum Gasteiger partial charge on any atom is -0.335 e. The number of H-pyrrole nitrogens is 1. The summed E-state index contributed by atoms with van der Waals surface area (Å²) in [4.78, 5) is 34.3. The summed E-state index contributed by atoms with van der Waals surface area (Å²) in [6.07, 6.45) is 7.55. The third kappa shape index (κ3) is 5.40. The van der Waals surface area contributed by atoms with E-state index in [-0.39, 0.29) is 11.3 Å². The molecule has 0 unspecified atom stereocenters. The number of hydrogen-bond acceptors (Lipinski definition) is 6. The molecule has 0 spiro atoms. The Morgan fingerprint density at radius 2 is 1.84 bits per heavy atom. The highest BCUT2D eigenvalue weighted by atomic mass is 32.1. The Morgan fingerprint density at radius 3 is 2.58 bits per heavy atom. The molecule has 0 saturated heterocycles. The summed E-state index contributed by atoms with van der Waals surface area (Å²) in [5.41, 5.74) is 9.09. The van der Waals surface area contributed by atoms with Crippen molar-refractivity contribution in [2.45, 2.75) is 34.1 Å². The van der Waals surface area contributed by atoms with Crippen molar-refractivity contribution in [2.24, 2.45) is 10.4 Å². The molecule has 4 heterocycles. The van der Waals surface area contributed by atoms with Gasteiger partial charge in [-0.3, -0.25) is 19.8 Å². The number of thiophene rings is 1. The maximum Gasteiger partial charge on any atom is 0.224 e. The van der Waals surface area contributed by atoms with E-state index in [4.69, 9.17) is 4.98 Å². The van der Waals surface area contributed by atoms with Gasteiger partial charge in [-0.2, -0.15) is 11.3 Å². The molecule has 2 N–H and O–H groups in total. The molecule has 0 aliphatic carbocycles. The summed E-state index contributed by atoms with van der Waals surface area (Å²) in [6.45, 7) is 8.20. The van der Waals surface area contributed by atoms with Crippen molar-refractivity contribution in [1.29, 1.82) is 0 Å². The van der Waals surface area contributed by atoms with Gasteiger partial charge in [-0.15, -0.1) is 0 Å². The predicted molar refractivity (Wildman–Crippen MR) is 156 cm³/mol. The van der Waals surface area contributed by atoms with Crippen LogP contribution in [0, 0.1) is 12.3 Å². The zero-order valence-corrected chi connectivity index (χ0v) is 23.0. The van der Waals surface area contributed by atoms with E-state index in [1.807, 2.05) is 33.0 Å². The second kappa shape index (κ2) is 10.3. The average Bonchev–Trinajstić information content (AvgIpc) is 3.55. The molecule has 5 rings (SSSR count). The normalized spacial score (nSPS) is 12.2. The van der Waals surface area contributed by atoms with Crippen LogP contribution >= 0.6 is 11.3 Å². The predicted octanol–water partition coefficient (Wildman–Crippen LogP) is 6.90. The van der Waals surface area contributed by atoms with Crippen molar-refractivity contribution < 1.29 is 4.79 Å². The second-order valence-electron chi connectivity index (χ2n) is 10.5. The standard InChI is InChI=1S/C30H30N6OS/c1-18-6-7-19(21-10-22(14-32-13-21)34-26(37)12-30(2,3)4)11-23(18)28(31-5)29-35-25-16-33-15-24(27(25)36-29)20-8-9-38-17-20/h6-11,13-17H,12H2,1-5H3,(H,34,37)(H,35,36)/b31-28+. The first-order chi connectivity index (χ1) is 18.2. The van der Waals surface area contributed by atoms with Crippen molar-refractivity contribution in [3.63, 3.8) is 0 Å². The molecule has 1 amide bonds. The number of aryl methyl sites for hydroxylation is 1. The highest BCUT2D eigenvalue weighted by Crippen LogP contribution is 2.30. The highest BCUT2D eigenvalue weighted by Gasteiger charge is 2.18. The number of benzene rings is 1. The van der Waals surface area contributed by atoms with Gasteiger partial charge in [-0.1, -0.05) is 32.9 Å². The van der Waals surface area contributed by atoms with E-state index in [0.717, 1.165) is 50.1 Å². The van der Waals surface area contributed by atoms with Crippen LogP contribution in [-0.2, 0) is 4.79 Å². The van der Waals surface area contributed by atoms with Crippen LogP contribution in [0.5, 0.6) is 0 Å². The van der Waals surface area contributed by atoms with Crippen LogP contribution in [0.1, 0.15) is 44.1 Å². The van der Waals surface area contributed by atoms with Gasteiger partial charge in [0.25, 0.3) is 0 Å². The van der Waals surface area contributed by atoms with Gasteiger partial charge >= 0.3 is 0 Å². The monoisotopic (exact) mass is 522 g/mol. The molecule has 0 aliphatic rings. The van der Waals surface area contributed by atoms with Gasteiger partial charge < -0.3 is 10.3 Å². The number of amides is 1. The Labute approximate surface area is 226 Å². The number of aliphatic imine (C=N–C) groups is 1. The van der Waals surface area contributed by atoms with Gasteiger partial charge in [-0.25, -0.2) is 4.98 Å². The zero-order chi connectivity index (χ0) is 26.9. The van der Waals surface area contributed by atoms with E-state index in [1.54, 1.807) is 37.0 Å². The number of carbonyl (C=O) groups is 1. The fourth-order valence-electron chi connectivity index (χ4n) is 4.44. The van der Waals surface area contributed by atoms with Crippen LogP contribution < -0.4 is 5.32 Å². The molecule has 0 fully saturated rings. The number of rotatable bonds is 6. The summed E-state index contributed by atoms with van der Waals surface area (Å²) in [5, 5.41) is 7.13. The second-order valence-corrected chi connectivity index (χ2v) is 11.3. The number of nitrogens with zero attached hydrogens (tertiary/aromatic N) is 4. The average molecular weight is 523 g/mol. The number of aromatic amines is 1. The van der Waals surface area contributed by atoms with Crippen LogP contribution in [0.4, 0.5) is 5.69 Å². The van der Waals surface area contributed by atoms with Crippen LogP contribution in [0.15, 0.2) is 70.9 Å². The van der Waals surface area contributed by atoms with Crippen molar-refractivity contribution in [3.8, 4) is 22.3 Å². The van der Waals surface area contributed by atoms with Crippen molar-refractivity contribution in [2.75, 3.05) is 12.4 Å². The van der Waals surface area contributed by atoms with E-state index in [9.17, 15) is 4.79 Å². The number of carbonyl (C=O) groups excluding carboxylic acids is 1. The zero-order valence-electron chi connectivity index (χ0n) is 22.2. The van der Waals surface area contributed by atoms with Crippen LogP contribution in [-0.4, -0.2) is 38.6 Å². The van der Waals surface area contributed by atoms with Gasteiger partial charge in [0.2, 0.25) is 5.91 Å². The Bertz CT molecular complexity index is 1640. The summed E-state index contributed by atoms with van der Waals surface area (Å²) in [7, 11) is 1.78. The molecule has 0 saturated carbocycles. The molecular formula is C30H30N6OS. The van der Waals surface area contributed by atoms with E-state index in [2.05, 4.69) is 67.2 Å². The lowest BCUT2D eigenvalue weighted by Crippen LogP contribution is -2.19. The molecule has 0 bridgehead atoms. The molecule has 0 aliphatic heterocycles. The number of nitrogens with one attached hydrogen (secondary N) is 2. The fraction of sp³-hybridized carbons (Fsp3) is 0.233. The van der Waals surface area contributed by atoms with Gasteiger partial charge in [0.05, 0.1) is 23.6 Å². The maximum atomic E-state index is 12.5. The fourth-order valence-corrected chi connectivity index (χ4v) is 5.09. The minimum absolute atomic E-state index is 0.0253. The first-order valence-corrected chi connectivity index (χ1v) is 13.4. The van der Waals surface area contributed by atoms with Gasteiger partial charge in [-0.05, 0) is 58.0 Å². The smallest absolute Gasteiger partial charge is 0.224 e. The molecule has 0 radical (unpaired) electrons. The van der Waals surface area contributed by atoms with Gasteiger partial charge in [0.15, 0.2) is 5.82 Å². The molecule has 0 atom stereocenters. The third-order valence-corrected chi connectivity index (χ3v) is 6.90. The van der Waals surface area contributed by atoms with E-state index in [1.165, 1.54) is 0 Å². The minimum atomic E-state index is -0.0892. The maximum absolute atomic E-state index is 12.5. The highest BCUT2D eigenvalue weighted by molar-refractivity contribution is 7.08. The largest absolute Gasteiger partial charge is 0.335 e. The van der Waals surface area contributed by atoms with E-state index in [0.29, 0.717) is 17.9 Å². The summed E-state index contributed by atoms with van der Waals surface area (Å²) >= 11 is 1.65. The van der Waals surface area contributed by atoms with Crippen molar-refractivity contribution in [3.05, 3.63) is 82.8 Å². The number of fused-ring (bicyclic) bond motifs is 1. The number of anilines is 1. The van der Waals surface area contributed by atoms with Gasteiger partial charge in [0, 0.05) is 42.6 Å². The quantitative estimate of drug-likeness (QED) is 0.237. The first kappa shape index (κ1) is 25.5. The Morgan fingerprint density at radius 1 is 1.03 bits per heavy atom. The summed E-state index contributed by atoms with van der Waals surface area (Å²) in [5.74, 6) is 0.663. The first-order valence-electron chi connectivity index (χ1n) is 12.4. The molecular weight excluding hydrogens is 492 g/mol. The molecule has 7 nitrogen and oxygen atoms in total. The Balaban J connectivity index is 1.49. The molecule has 8 heteroatoms. The molecule has 1 aromatic carbocycles. The van der Waals surface area contributed by atoms with E-state index >= 15 is 0 Å². The van der Waals surface area contributed by atoms with Crippen molar-refractivity contribution in [1.82, 2.24) is 19.9 Å². The van der Waals surface area contributed by atoms with E-state index < -0.39 is 0 Å². The lowest BCUT2D eigenvalue weighted by atomic mass is 9.92. The van der Waals surface area contributed by atoms with Crippen LogP contribution in [0.3, 0.4) is 0 Å². The number of hydrogen-bond donors (Lipinski definition) is 2. The molecule has 4 aromatic heterocycles. The summed E-state index contributed by atoms with van der Waals surface area (Å²) < 4.78 is 0. The number of aromatic nitrogens is 4. The molecule has 38 heavy (non-hydrogen) atoms. The topological polar surface area (TPSA) is 95.9 Å². The number of imidazole rings is 1. The Hall–Kier alpha value is -4.17. The number of pyridine rings is 2. The van der Waals surface area contributed by atoms with Crippen LogP contribution in [0.25, 0.3) is 33.3 Å². The van der Waals surface area contributed by atoms with Crippen molar-refractivity contribution >= 4 is 39.7 Å². The molecule has 192 valence electrons. The third-order valence-electron chi connectivity index (χ3n) is 6.21. The summed E-state index contributed by atoms with van der Waals surface area (Å²) in [6, 6.07) is 10.2. The van der Waals surface area contributed by atoms with Crippen LogP contribution in [0.2, 0.25) is 0 Å².